The fourth-order valence-corrected chi connectivity index (χ4v) is 3.50. The largest absolute Gasteiger partial charge is 0.302 e. The number of non-ortho nitro benzene ring substituents is 1. The molecule has 0 saturated carbocycles. The molecule has 1 amide bonds. The van der Waals surface area contributed by atoms with Crippen molar-refractivity contribution in [3.05, 3.63) is 74.8 Å². The molecule has 0 N–H and O–H groups in total. The lowest BCUT2D eigenvalue weighted by atomic mass is 10.2. The number of nitrogens with zero attached hydrogens (tertiary/aromatic N) is 3. The number of hydrogen-bond acceptors (Lipinski definition) is 4. The van der Waals surface area contributed by atoms with Crippen LogP contribution in [0, 0.1) is 28.3 Å². The molecule has 0 aliphatic heterocycles. The van der Waals surface area contributed by atoms with E-state index < -0.39 is 16.6 Å². The summed E-state index contributed by atoms with van der Waals surface area (Å²) in [4.78, 5) is 26.7. The van der Waals surface area contributed by atoms with Crippen LogP contribution >= 0.6 is 11.3 Å². The van der Waals surface area contributed by atoms with Crippen molar-refractivity contribution in [3.8, 4) is 12.3 Å². The predicted molar refractivity (Wildman–Crippen MR) is 101 cm³/mol. The van der Waals surface area contributed by atoms with Crippen LogP contribution in [0.2, 0.25) is 0 Å². The molecule has 27 heavy (non-hydrogen) atoms. The van der Waals surface area contributed by atoms with E-state index >= 15 is 0 Å². The Balaban J connectivity index is 1.97. The second-order valence-corrected chi connectivity index (χ2v) is 6.41. The number of nitro groups is 1. The number of rotatable bonds is 4. The highest BCUT2D eigenvalue weighted by Gasteiger charge is 2.10. The third-order valence-electron chi connectivity index (χ3n) is 3.61. The number of thiazole rings is 1. The Bertz CT molecular complexity index is 1180. The molecule has 0 spiro atoms. The summed E-state index contributed by atoms with van der Waals surface area (Å²) in [5.41, 5.74) is 0.717. The number of aromatic nitrogens is 1. The highest BCUT2D eigenvalue weighted by atomic mass is 32.1. The van der Waals surface area contributed by atoms with Crippen LogP contribution in [-0.4, -0.2) is 15.4 Å². The molecule has 0 radical (unpaired) electrons. The fraction of sp³-hybridized carbons (Fsp3) is 0.0526. The first-order valence-electron chi connectivity index (χ1n) is 7.72. The van der Waals surface area contributed by atoms with E-state index in [0.717, 1.165) is 11.3 Å². The van der Waals surface area contributed by atoms with Crippen molar-refractivity contribution in [1.29, 1.82) is 0 Å². The van der Waals surface area contributed by atoms with Crippen molar-refractivity contribution in [3.63, 3.8) is 0 Å². The zero-order chi connectivity index (χ0) is 19.4. The summed E-state index contributed by atoms with van der Waals surface area (Å²) >= 11 is 1.15. The van der Waals surface area contributed by atoms with Gasteiger partial charge in [-0.1, -0.05) is 35.5 Å². The number of carbonyl (C=O) groups excluding carboxylic acids is 1. The van der Waals surface area contributed by atoms with Crippen molar-refractivity contribution in [2.45, 2.75) is 6.54 Å². The minimum Gasteiger partial charge on any atom is -0.302 e. The molecule has 134 valence electrons. The number of hydrogen-bond donors (Lipinski definition) is 0. The molecule has 2 aromatic carbocycles. The van der Waals surface area contributed by atoms with Gasteiger partial charge >= 0.3 is 0 Å². The fourth-order valence-electron chi connectivity index (χ4n) is 2.45. The molecule has 6 nitrogen and oxygen atoms in total. The van der Waals surface area contributed by atoms with Crippen molar-refractivity contribution >= 4 is 39.2 Å². The molecule has 3 rings (SSSR count). The summed E-state index contributed by atoms with van der Waals surface area (Å²) in [6.45, 7) is 0.0711. The molecule has 0 fully saturated rings. The van der Waals surface area contributed by atoms with Gasteiger partial charge in [0.1, 0.15) is 5.82 Å². The van der Waals surface area contributed by atoms with E-state index in [1.54, 1.807) is 18.2 Å². The van der Waals surface area contributed by atoms with E-state index in [2.05, 4.69) is 10.9 Å². The molecule has 0 bridgehead atoms. The van der Waals surface area contributed by atoms with Gasteiger partial charge in [0.05, 0.1) is 21.7 Å². The average molecular weight is 381 g/mol. The van der Waals surface area contributed by atoms with Gasteiger partial charge in [0.15, 0.2) is 4.80 Å². The Hall–Kier alpha value is -3.57. The van der Waals surface area contributed by atoms with Crippen molar-refractivity contribution in [2.24, 2.45) is 4.99 Å². The number of para-hydroxylation sites is 1. The van der Waals surface area contributed by atoms with Crippen LogP contribution in [0.3, 0.4) is 0 Å². The first-order chi connectivity index (χ1) is 13.0. The average Bonchev–Trinajstić information content (AvgIpc) is 2.99. The third kappa shape index (κ3) is 3.99. The number of carbonyl (C=O) groups is 1. The van der Waals surface area contributed by atoms with Gasteiger partial charge in [-0.3, -0.25) is 14.9 Å². The zero-order valence-corrected chi connectivity index (χ0v) is 14.6. The SMILES string of the molecule is C#CCn1c(=NC(=O)/C=C/c2cccc([N+](=O)[O-])c2)sc2cccc(F)c21. The van der Waals surface area contributed by atoms with E-state index in [1.165, 1.54) is 41.0 Å². The smallest absolute Gasteiger partial charge is 0.272 e. The quantitative estimate of drug-likeness (QED) is 0.300. The van der Waals surface area contributed by atoms with E-state index in [9.17, 15) is 19.3 Å². The van der Waals surface area contributed by atoms with Crippen LogP contribution in [0.4, 0.5) is 10.1 Å². The number of terminal acetylenes is 1. The van der Waals surface area contributed by atoms with Crippen molar-refractivity contribution < 1.29 is 14.1 Å². The van der Waals surface area contributed by atoms with Crippen LogP contribution < -0.4 is 4.80 Å². The number of benzene rings is 2. The summed E-state index contributed by atoms with van der Waals surface area (Å²) in [6, 6.07) is 10.5. The van der Waals surface area contributed by atoms with Gasteiger partial charge in [-0.25, -0.2) is 4.39 Å². The van der Waals surface area contributed by atoms with Gasteiger partial charge < -0.3 is 4.57 Å². The van der Waals surface area contributed by atoms with Crippen LogP contribution in [0.5, 0.6) is 0 Å². The summed E-state index contributed by atoms with van der Waals surface area (Å²) in [5.74, 6) is 1.40. The van der Waals surface area contributed by atoms with Gasteiger partial charge in [0, 0.05) is 18.2 Å². The van der Waals surface area contributed by atoms with E-state index in [1.807, 2.05) is 0 Å². The maximum absolute atomic E-state index is 14.1. The summed E-state index contributed by atoms with van der Waals surface area (Å²) in [7, 11) is 0. The molecule has 0 atom stereocenters. The highest BCUT2D eigenvalue weighted by Crippen LogP contribution is 2.20. The number of nitro benzene ring substituents is 1. The summed E-state index contributed by atoms with van der Waals surface area (Å²) in [6.07, 6.45) is 7.97. The molecule has 8 heteroatoms. The molecule has 0 aliphatic rings. The Labute approximate surface area is 157 Å². The third-order valence-corrected chi connectivity index (χ3v) is 4.65. The van der Waals surface area contributed by atoms with Gasteiger partial charge in [0.2, 0.25) is 0 Å². The number of fused-ring (bicyclic) bond motifs is 1. The highest BCUT2D eigenvalue weighted by molar-refractivity contribution is 7.16. The summed E-state index contributed by atoms with van der Waals surface area (Å²) < 4.78 is 16.2. The maximum Gasteiger partial charge on any atom is 0.272 e. The molecular weight excluding hydrogens is 369 g/mol. The minimum absolute atomic E-state index is 0.0711. The Morgan fingerprint density at radius 3 is 2.89 bits per heavy atom. The lowest BCUT2D eigenvalue weighted by Gasteiger charge is -2.00. The standard InChI is InChI=1S/C19H12FN3O3S/c1-2-11-22-18-15(20)7-4-8-16(18)27-19(22)21-17(24)10-9-13-5-3-6-14(12-13)23(25)26/h1,3-10,12H,11H2/b10-9+,21-19?. The second kappa shape index (κ2) is 7.76. The monoisotopic (exact) mass is 381 g/mol. The van der Waals surface area contributed by atoms with Crippen LogP contribution in [0.15, 0.2) is 53.5 Å². The Morgan fingerprint density at radius 1 is 1.37 bits per heavy atom. The van der Waals surface area contributed by atoms with Gasteiger partial charge in [0.25, 0.3) is 11.6 Å². The van der Waals surface area contributed by atoms with Crippen molar-refractivity contribution in [2.75, 3.05) is 0 Å². The molecule has 0 unspecified atom stereocenters. The van der Waals surface area contributed by atoms with Gasteiger partial charge in [-0.05, 0) is 23.8 Å². The van der Waals surface area contributed by atoms with E-state index in [4.69, 9.17) is 6.42 Å². The first-order valence-corrected chi connectivity index (χ1v) is 8.54. The molecule has 1 heterocycles. The second-order valence-electron chi connectivity index (χ2n) is 5.40. The molecule has 0 aliphatic carbocycles. The van der Waals surface area contributed by atoms with Crippen molar-refractivity contribution in [1.82, 2.24) is 4.57 Å². The lowest BCUT2D eigenvalue weighted by molar-refractivity contribution is -0.384. The first kappa shape index (κ1) is 18.2. The molecule has 0 saturated heterocycles. The Morgan fingerprint density at radius 2 is 2.15 bits per heavy atom. The Kier molecular flexibility index (Phi) is 5.24. The van der Waals surface area contributed by atoms with Gasteiger partial charge in [-0.2, -0.15) is 4.99 Å². The molecule has 1 aromatic heterocycles. The topological polar surface area (TPSA) is 77.5 Å². The van der Waals surface area contributed by atoms with E-state index in [0.29, 0.717) is 15.8 Å². The van der Waals surface area contributed by atoms with E-state index in [-0.39, 0.29) is 17.0 Å². The zero-order valence-electron chi connectivity index (χ0n) is 13.8. The summed E-state index contributed by atoms with van der Waals surface area (Å²) in [5, 5.41) is 10.8. The normalized spacial score (nSPS) is 11.8. The molecule has 3 aromatic rings. The predicted octanol–water partition coefficient (Wildman–Crippen LogP) is 3.52. The lowest BCUT2D eigenvalue weighted by Crippen LogP contribution is -2.16. The number of halogens is 1. The van der Waals surface area contributed by atoms with Gasteiger partial charge in [-0.15, -0.1) is 6.42 Å². The minimum atomic E-state index is -0.584. The van der Waals surface area contributed by atoms with Crippen LogP contribution in [-0.2, 0) is 11.3 Å². The maximum atomic E-state index is 14.1. The van der Waals surface area contributed by atoms with Crippen LogP contribution in [0.1, 0.15) is 5.56 Å². The van der Waals surface area contributed by atoms with Crippen LogP contribution in [0.25, 0.3) is 16.3 Å². The number of amides is 1. The molecular formula is C19H12FN3O3S.